The van der Waals surface area contributed by atoms with Crippen molar-refractivity contribution in [1.82, 2.24) is 29.8 Å². The molecule has 3 aliphatic heterocycles. The van der Waals surface area contributed by atoms with Crippen LogP contribution in [0.15, 0.2) is 12.5 Å². The van der Waals surface area contributed by atoms with Crippen LogP contribution >= 0.6 is 0 Å². The van der Waals surface area contributed by atoms with Crippen LogP contribution in [-0.2, 0) is 4.74 Å². The van der Waals surface area contributed by atoms with Crippen LogP contribution in [0.3, 0.4) is 0 Å². The summed E-state index contributed by atoms with van der Waals surface area (Å²) in [6, 6.07) is 0. The molecule has 0 radical (unpaired) electrons. The number of fused-ring (bicyclic) bond motifs is 1. The topological polar surface area (TPSA) is 134 Å². The van der Waals surface area contributed by atoms with Gasteiger partial charge in [0.25, 0.3) is 0 Å². The fourth-order valence-electron chi connectivity index (χ4n) is 5.16. The molecule has 2 aromatic heterocycles. The van der Waals surface area contributed by atoms with E-state index in [0.717, 1.165) is 32.5 Å². The minimum atomic E-state index is -1.04. The zero-order chi connectivity index (χ0) is 19.3. The number of nitrogen functional groups attached to an aromatic ring is 1. The molecule has 28 heavy (non-hydrogen) atoms. The normalized spacial score (nSPS) is 33.2. The lowest BCUT2D eigenvalue weighted by atomic mass is 9.85. The first-order chi connectivity index (χ1) is 13.6. The highest BCUT2D eigenvalue weighted by Crippen LogP contribution is 2.40. The van der Waals surface area contributed by atoms with Gasteiger partial charge >= 0.3 is 0 Å². The number of anilines is 1. The highest BCUT2D eigenvalue weighted by atomic mass is 16.5. The molecule has 10 heteroatoms. The third-order valence-corrected chi connectivity index (χ3v) is 6.70. The molecule has 10 nitrogen and oxygen atoms in total. The van der Waals surface area contributed by atoms with E-state index in [1.807, 2.05) is 0 Å². The number of aliphatic hydroxyl groups is 2. The number of piperidine rings is 1. The fourth-order valence-corrected chi connectivity index (χ4v) is 5.16. The Morgan fingerprint density at radius 1 is 1.21 bits per heavy atom. The Morgan fingerprint density at radius 2 is 2.04 bits per heavy atom. The molecule has 4 atom stereocenters. The Morgan fingerprint density at radius 3 is 2.86 bits per heavy atom. The fraction of sp³-hybridized carbons (Fsp3) is 0.722. The maximum absolute atomic E-state index is 10.7. The van der Waals surface area contributed by atoms with Gasteiger partial charge in [0.05, 0.1) is 12.3 Å². The SMILES string of the molecule is Nc1ncnc2c([C@@H]3O[C@H](CN4CCCC45CCNCC5)[C@@H](O)[C@H]3O)cnn12. The summed E-state index contributed by atoms with van der Waals surface area (Å²) >= 11 is 0. The van der Waals surface area contributed by atoms with Gasteiger partial charge < -0.3 is 26.0 Å². The summed E-state index contributed by atoms with van der Waals surface area (Å²) in [5, 5.41) is 29.0. The number of likely N-dealkylation sites (tertiary alicyclic amines) is 1. The molecule has 0 bridgehead atoms. The van der Waals surface area contributed by atoms with Crippen LogP contribution in [0.5, 0.6) is 0 Å². The zero-order valence-electron chi connectivity index (χ0n) is 15.7. The Balaban J connectivity index is 1.37. The van der Waals surface area contributed by atoms with Crippen molar-refractivity contribution in [3.63, 3.8) is 0 Å². The molecule has 0 aromatic carbocycles. The summed E-state index contributed by atoms with van der Waals surface area (Å²) in [6.45, 7) is 3.68. The molecule has 0 aliphatic carbocycles. The molecule has 0 amide bonds. The van der Waals surface area contributed by atoms with E-state index < -0.39 is 24.4 Å². The highest BCUT2D eigenvalue weighted by Gasteiger charge is 2.48. The van der Waals surface area contributed by atoms with E-state index in [4.69, 9.17) is 10.5 Å². The lowest BCUT2D eigenvalue weighted by Gasteiger charge is -2.43. The van der Waals surface area contributed by atoms with Crippen LogP contribution in [0, 0.1) is 0 Å². The smallest absolute Gasteiger partial charge is 0.224 e. The van der Waals surface area contributed by atoms with Crippen LogP contribution < -0.4 is 11.1 Å². The lowest BCUT2D eigenvalue weighted by molar-refractivity contribution is -0.0307. The van der Waals surface area contributed by atoms with Gasteiger partial charge in [-0.15, -0.1) is 0 Å². The highest BCUT2D eigenvalue weighted by molar-refractivity contribution is 5.50. The van der Waals surface area contributed by atoms with Crippen molar-refractivity contribution >= 4 is 11.6 Å². The van der Waals surface area contributed by atoms with Crippen LogP contribution in [-0.4, -0.2) is 84.7 Å². The number of nitrogens with one attached hydrogen (secondary N) is 1. The number of aromatic nitrogens is 4. The van der Waals surface area contributed by atoms with Crippen molar-refractivity contribution in [1.29, 1.82) is 0 Å². The molecule has 5 rings (SSSR count). The number of nitrogens with zero attached hydrogens (tertiary/aromatic N) is 5. The lowest BCUT2D eigenvalue weighted by Crippen LogP contribution is -2.54. The number of nitrogens with two attached hydrogens (primary N) is 1. The number of rotatable bonds is 3. The molecule has 152 valence electrons. The average Bonchev–Trinajstić information content (AvgIpc) is 3.37. The van der Waals surface area contributed by atoms with Gasteiger partial charge in [-0.2, -0.15) is 9.61 Å². The maximum atomic E-state index is 10.7. The molecule has 5 N–H and O–H groups in total. The van der Waals surface area contributed by atoms with Gasteiger partial charge in [0, 0.05) is 17.6 Å². The first-order valence-corrected chi connectivity index (χ1v) is 10.0. The maximum Gasteiger partial charge on any atom is 0.224 e. The van der Waals surface area contributed by atoms with Gasteiger partial charge in [-0.25, -0.2) is 9.97 Å². The largest absolute Gasteiger partial charge is 0.388 e. The van der Waals surface area contributed by atoms with Gasteiger partial charge in [-0.3, -0.25) is 4.90 Å². The molecule has 0 unspecified atom stereocenters. The molecule has 2 aromatic rings. The van der Waals surface area contributed by atoms with Crippen LogP contribution in [0.1, 0.15) is 37.4 Å². The van der Waals surface area contributed by atoms with E-state index in [0.29, 0.717) is 17.8 Å². The molecular formula is C18H27N7O3. The van der Waals surface area contributed by atoms with Crippen molar-refractivity contribution in [3.8, 4) is 0 Å². The van der Waals surface area contributed by atoms with E-state index in [1.54, 1.807) is 6.20 Å². The Bertz CT molecular complexity index is 853. The second-order valence-electron chi connectivity index (χ2n) is 8.17. The Hall–Kier alpha value is -1.85. The monoisotopic (exact) mass is 389 g/mol. The van der Waals surface area contributed by atoms with Gasteiger partial charge in [0.1, 0.15) is 24.6 Å². The van der Waals surface area contributed by atoms with Gasteiger partial charge in [-0.1, -0.05) is 0 Å². The summed E-state index contributed by atoms with van der Waals surface area (Å²) in [5.74, 6) is 0.214. The number of hydrogen-bond acceptors (Lipinski definition) is 9. The molecule has 0 saturated carbocycles. The first kappa shape index (κ1) is 18.2. The minimum absolute atomic E-state index is 0.198. The Labute approximate surface area is 162 Å². The predicted octanol–water partition coefficient (Wildman–Crippen LogP) is -0.914. The predicted molar refractivity (Wildman–Crippen MR) is 100 cm³/mol. The summed E-state index contributed by atoms with van der Waals surface area (Å²) in [7, 11) is 0. The zero-order valence-corrected chi connectivity index (χ0v) is 15.7. The molecule has 5 heterocycles. The summed E-state index contributed by atoms with van der Waals surface area (Å²) in [6.07, 6.45) is 4.37. The van der Waals surface area contributed by atoms with E-state index in [2.05, 4.69) is 25.3 Å². The van der Waals surface area contributed by atoms with Crippen LogP contribution in [0.25, 0.3) is 5.65 Å². The standard InChI is InChI=1S/C18H27N7O3/c19-17-22-10-21-16-11(8-23-25(16)17)15-14(27)13(26)12(28-15)9-24-7-1-2-18(24)3-5-20-6-4-18/h8,10,12-15,20,26-27H,1-7,9H2,(H2,19,21,22)/t12-,13-,14-,15+/m1/s1. The summed E-state index contributed by atoms with van der Waals surface area (Å²) in [5.41, 5.74) is 7.13. The van der Waals surface area contributed by atoms with E-state index in [-0.39, 0.29) is 11.5 Å². The minimum Gasteiger partial charge on any atom is -0.388 e. The second-order valence-corrected chi connectivity index (χ2v) is 8.17. The van der Waals surface area contributed by atoms with Crippen LogP contribution in [0.4, 0.5) is 5.95 Å². The van der Waals surface area contributed by atoms with Crippen molar-refractivity contribution in [2.24, 2.45) is 0 Å². The second kappa shape index (κ2) is 6.89. The Kier molecular flexibility index (Phi) is 4.48. The van der Waals surface area contributed by atoms with E-state index in [1.165, 1.54) is 23.7 Å². The van der Waals surface area contributed by atoms with E-state index in [9.17, 15) is 10.2 Å². The molecule has 1 spiro atoms. The van der Waals surface area contributed by atoms with Gasteiger partial charge in [0.15, 0.2) is 5.65 Å². The third-order valence-electron chi connectivity index (χ3n) is 6.70. The average molecular weight is 389 g/mol. The third kappa shape index (κ3) is 2.79. The first-order valence-electron chi connectivity index (χ1n) is 10.0. The summed E-state index contributed by atoms with van der Waals surface area (Å²) < 4.78 is 7.57. The number of aliphatic hydroxyl groups excluding tert-OH is 2. The number of hydrogen-bond donors (Lipinski definition) is 4. The summed E-state index contributed by atoms with van der Waals surface area (Å²) in [4.78, 5) is 10.6. The molecule has 3 aliphatic rings. The number of ether oxygens (including phenoxy) is 1. The van der Waals surface area contributed by atoms with Crippen molar-refractivity contribution in [2.45, 2.75) is 55.6 Å². The van der Waals surface area contributed by atoms with Crippen molar-refractivity contribution < 1.29 is 14.9 Å². The van der Waals surface area contributed by atoms with E-state index >= 15 is 0 Å². The molecular weight excluding hydrogens is 362 g/mol. The van der Waals surface area contributed by atoms with Crippen LogP contribution in [0.2, 0.25) is 0 Å². The van der Waals surface area contributed by atoms with Gasteiger partial charge in [0.2, 0.25) is 5.95 Å². The molecule has 3 saturated heterocycles. The van der Waals surface area contributed by atoms with Crippen molar-refractivity contribution in [3.05, 3.63) is 18.1 Å². The molecule has 3 fully saturated rings. The van der Waals surface area contributed by atoms with Gasteiger partial charge in [-0.05, 0) is 45.3 Å². The quantitative estimate of drug-likeness (QED) is 0.526. The van der Waals surface area contributed by atoms with Crippen molar-refractivity contribution in [2.75, 3.05) is 31.9 Å².